The maximum Gasteiger partial charge on any atom is 0.308 e. The van der Waals surface area contributed by atoms with Crippen LogP contribution in [0.1, 0.15) is 12.8 Å². The number of carboxylic acids is 1. The number of benzene rings is 2. The molecule has 1 saturated heterocycles. The number of hydrogen-bond acceptors (Lipinski definition) is 4. The summed E-state index contributed by atoms with van der Waals surface area (Å²) >= 11 is 5.93. The minimum atomic E-state index is -0.861. The van der Waals surface area contributed by atoms with E-state index in [0.717, 1.165) is 0 Å². The van der Waals surface area contributed by atoms with Crippen molar-refractivity contribution in [3.8, 4) is 11.1 Å². The lowest BCUT2D eigenvalue weighted by atomic mass is 9.96. The number of aromatic nitrogens is 2. The van der Waals surface area contributed by atoms with Gasteiger partial charge in [0.1, 0.15) is 29.3 Å². The average molecular weight is 404 g/mol. The highest BCUT2D eigenvalue weighted by atomic mass is 35.5. The van der Waals surface area contributed by atoms with Crippen molar-refractivity contribution in [1.82, 2.24) is 9.97 Å². The Bertz CT molecular complexity index is 1080. The summed E-state index contributed by atoms with van der Waals surface area (Å²) in [5, 5.41) is 9.79. The maximum atomic E-state index is 14.5. The van der Waals surface area contributed by atoms with Crippen LogP contribution in [0.5, 0.6) is 0 Å². The van der Waals surface area contributed by atoms with E-state index in [4.69, 9.17) is 11.6 Å². The number of rotatable bonds is 3. The molecule has 1 aliphatic heterocycles. The molecule has 1 N–H and O–H groups in total. The first-order chi connectivity index (χ1) is 13.5. The summed E-state index contributed by atoms with van der Waals surface area (Å²) < 4.78 is 28.1. The molecule has 5 nitrogen and oxygen atoms in total. The molecule has 1 fully saturated rings. The van der Waals surface area contributed by atoms with Gasteiger partial charge in [0.05, 0.1) is 16.3 Å². The molecule has 2 heterocycles. The Balaban J connectivity index is 1.91. The van der Waals surface area contributed by atoms with Gasteiger partial charge in [0.25, 0.3) is 0 Å². The zero-order valence-corrected chi connectivity index (χ0v) is 15.5. The van der Waals surface area contributed by atoms with Crippen LogP contribution >= 0.6 is 11.6 Å². The standard InChI is InChI=1S/C20H16ClF2N3O2/c21-14-8-11(3-5-15(14)22)13-4-6-16(23)18-17(13)19(25-10-24-18)26-7-1-2-12(9-26)20(27)28/h3-6,8,10,12H,1-2,7,9H2,(H,27,28)/t12-/m1/s1. The summed E-state index contributed by atoms with van der Waals surface area (Å²) in [7, 11) is 0. The molecule has 144 valence electrons. The van der Waals surface area contributed by atoms with Crippen LogP contribution in [0.15, 0.2) is 36.7 Å². The Labute approximate surface area is 164 Å². The molecule has 0 radical (unpaired) electrons. The van der Waals surface area contributed by atoms with Crippen LogP contribution in [0, 0.1) is 17.6 Å². The van der Waals surface area contributed by atoms with E-state index < -0.39 is 23.5 Å². The second-order valence-electron chi connectivity index (χ2n) is 6.77. The Morgan fingerprint density at radius 2 is 1.96 bits per heavy atom. The average Bonchev–Trinajstić information content (AvgIpc) is 2.70. The third-order valence-electron chi connectivity index (χ3n) is 5.02. The minimum absolute atomic E-state index is 0.0442. The molecule has 0 saturated carbocycles. The molecular formula is C20H16ClF2N3O2. The van der Waals surface area contributed by atoms with E-state index in [2.05, 4.69) is 9.97 Å². The first-order valence-corrected chi connectivity index (χ1v) is 9.20. The van der Waals surface area contributed by atoms with Gasteiger partial charge in [-0.3, -0.25) is 4.79 Å². The highest BCUT2D eigenvalue weighted by molar-refractivity contribution is 6.31. The number of nitrogens with zero attached hydrogens (tertiary/aromatic N) is 3. The number of anilines is 1. The molecular weight excluding hydrogens is 388 g/mol. The minimum Gasteiger partial charge on any atom is -0.481 e. The molecule has 0 aliphatic carbocycles. The molecule has 1 aromatic heterocycles. The van der Waals surface area contributed by atoms with E-state index in [1.54, 1.807) is 12.1 Å². The van der Waals surface area contributed by atoms with Crippen LogP contribution in [-0.2, 0) is 4.79 Å². The fraction of sp³-hybridized carbons (Fsp3) is 0.250. The van der Waals surface area contributed by atoms with Gasteiger partial charge < -0.3 is 10.0 Å². The zero-order chi connectivity index (χ0) is 19.8. The maximum absolute atomic E-state index is 14.5. The van der Waals surface area contributed by atoms with E-state index in [1.807, 2.05) is 4.90 Å². The van der Waals surface area contributed by atoms with E-state index in [9.17, 15) is 18.7 Å². The number of hydrogen-bond donors (Lipinski definition) is 1. The van der Waals surface area contributed by atoms with Gasteiger partial charge in [0.15, 0.2) is 0 Å². The fourth-order valence-electron chi connectivity index (χ4n) is 3.64. The molecule has 4 rings (SSSR count). The van der Waals surface area contributed by atoms with Crippen molar-refractivity contribution in [2.45, 2.75) is 12.8 Å². The van der Waals surface area contributed by atoms with Crippen LogP contribution in [-0.4, -0.2) is 34.1 Å². The molecule has 2 aromatic carbocycles. The van der Waals surface area contributed by atoms with E-state index >= 15 is 0 Å². The lowest BCUT2D eigenvalue weighted by Gasteiger charge is -2.32. The molecule has 1 aliphatic rings. The van der Waals surface area contributed by atoms with Crippen LogP contribution in [0.4, 0.5) is 14.6 Å². The summed E-state index contributed by atoms with van der Waals surface area (Å²) in [5.74, 6) is -1.97. The summed E-state index contributed by atoms with van der Waals surface area (Å²) in [5.41, 5.74) is 1.32. The summed E-state index contributed by atoms with van der Waals surface area (Å²) in [6, 6.07) is 7.14. The predicted octanol–water partition coefficient (Wildman–Crippen LogP) is 4.53. The number of fused-ring (bicyclic) bond motifs is 1. The fourth-order valence-corrected chi connectivity index (χ4v) is 3.82. The van der Waals surface area contributed by atoms with Crippen molar-refractivity contribution in [3.05, 3.63) is 53.3 Å². The normalized spacial score (nSPS) is 17.1. The molecule has 0 amide bonds. The van der Waals surface area contributed by atoms with Gasteiger partial charge in [-0.2, -0.15) is 0 Å². The van der Waals surface area contributed by atoms with Gasteiger partial charge in [-0.15, -0.1) is 0 Å². The van der Waals surface area contributed by atoms with Crippen LogP contribution < -0.4 is 4.90 Å². The highest BCUT2D eigenvalue weighted by Crippen LogP contribution is 2.37. The third kappa shape index (κ3) is 3.26. The SMILES string of the molecule is O=C(O)[C@@H]1CCCN(c2ncnc3c(F)ccc(-c4ccc(F)c(Cl)c4)c23)C1. The van der Waals surface area contributed by atoms with Crippen molar-refractivity contribution < 1.29 is 18.7 Å². The Morgan fingerprint density at radius 1 is 1.18 bits per heavy atom. The smallest absolute Gasteiger partial charge is 0.308 e. The monoisotopic (exact) mass is 403 g/mol. The van der Waals surface area contributed by atoms with Gasteiger partial charge in [0.2, 0.25) is 0 Å². The number of halogens is 3. The van der Waals surface area contributed by atoms with Gasteiger partial charge in [-0.1, -0.05) is 23.7 Å². The third-order valence-corrected chi connectivity index (χ3v) is 5.31. The van der Waals surface area contributed by atoms with E-state index in [0.29, 0.717) is 41.7 Å². The van der Waals surface area contributed by atoms with Crippen LogP contribution in [0.3, 0.4) is 0 Å². The topological polar surface area (TPSA) is 66.3 Å². The van der Waals surface area contributed by atoms with Gasteiger partial charge in [-0.25, -0.2) is 18.7 Å². The Kier molecular flexibility index (Phi) is 4.85. The Morgan fingerprint density at radius 3 is 2.71 bits per heavy atom. The molecule has 0 spiro atoms. The number of carboxylic acid groups (broad SMARTS) is 1. The number of piperidine rings is 1. The molecule has 28 heavy (non-hydrogen) atoms. The lowest BCUT2D eigenvalue weighted by Crippen LogP contribution is -2.39. The first kappa shape index (κ1) is 18.6. The second kappa shape index (κ2) is 7.31. The molecule has 0 bridgehead atoms. The number of aliphatic carboxylic acids is 1. The van der Waals surface area contributed by atoms with Gasteiger partial charge in [-0.05, 0) is 42.2 Å². The van der Waals surface area contributed by atoms with Crippen molar-refractivity contribution in [1.29, 1.82) is 0 Å². The van der Waals surface area contributed by atoms with Crippen LogP contribution in [0.2, 0.25) is 5.02 Å². The highest BCUT2D eigenvalue weighted by Gasteiger charge is 2.28. The summed E-state index contributed by atoms with van der Waals surface area (Å²) in [6.45, 7) is 0.887. The molecule has 3 aromatic rings. The predicted molar refractivity (Wildman–Crippen MR) is 102 cm³/mol. The van der Waals surface area contributed by atoms with Crippen LogP contribution in [0.25, 0.3) is 22.0 Å². The van der Waals surface area contributed by atoms with Crippen molar-refractivity contribution in [3.63, 3.8) is 0 Å². The first-order valence-electron chi connectivity index (χ1n) is 8.82. The summed E-state index contributed by atoms with van der Waals surface area (Å²) in [4.78, 5) is 21.7. The van der Waals surface area contributed by atoms with Gasteiger partial charge in [0, 0.05) is 13.1 Å². The number of carbonyl (C=O) groups is 1. The van der Waals surface area contributed by atoms with Crippen molar-refractivity contribution in [2.24, 2.45) is 5.92 Å². The van der Waals surface area contributed by atoms with Crippen molar-refractivity contribution >= 4 is 34.3 Å². The van der Waals surface area contributed by atoms with Gasteiger partial charge >= 0.3 is 5.97 Å². The summed E-state index contributed by atoms with van der Waals surface area (Å²) in [6.07, 6.45) is 2.55. The second-order valence-corrected chi connectivity index (χ2v) is 7.18. The zero-order valence-electron chi connectivity index (χ0n) is 14.7. The quantitative estimate of drug-likeness (QED) is 0.696. The Hall–Kier alpha value is -2.80. The largest absolute Gasteiger partial charge is 0.481 e. The lowest BCUT2D eigenvalue weighted by molar-refractivity contribution is -0.141. The molecule has 8 heteroatoms. The molecule has 1 atom stereocenters. The van der Waals surface area contributed by atoms with E-state index in [1.165, 1.54) is 24.5 Å². The van der Waals surface area contributed by atoms with E-state index in [-0.39, 0.29) is 17.1 Å². The van der Waals surface area contributed by atoms with Crippen molar-refractivity contribution in [2.75, 3.05) is 18.0 Å². The molecule has 0 unspecified atom stereocenters.